The molecule has 0 saturated carbocycles. The molecule has 1 amide bonds. The van der Waals surface area contributed by atoms with Crippen LogP contribution in [0.5, 0.6) is 5.75 Å². The molecule has 0 atom stereocenters. The van der Waals surface area contributed by atoms with E-state index >= 15 is 0 Å². The summed E-state index contributed by atoms with van der Waals surface area (Å²) < 4.78 is 6.49. The van der Waals surface area contributed by atoms with Crippen molar-refractivity contribution in [1.29, 1.82) is 0 Å². The van der Waals surface area contributed by atoms with Crippen molar-refractivity contribution in [1.82, 2.24) is 4.98 Å². The Balaban J connectivity index is 1.72. The number of carbonyl (C=O) groups excluding carboxylic acids is 1. The van der Waals surface area contributed by atoms with Gasteiger partial charge in [-0.2, -0.15) is 0 Å². The molecule has 3 aromatic rings. The van der Waals surface area contributed by atoms with E-state index in [0.29, 0.717) is 18.2 Å². The van der Waals surface area contributed by atoms with E-state index in [2.05, 4.69) is 10.3 Å². The van der Waals surface area contributed by atoms with Gasteiger partial charge in [0, 0.05) is 0 Å². The lowest BCUT2D eigenvalue weighted by molar-refractivity contribution is -0.115. The normalized spacial score (nSPS) is 10.7. The Bertz CT molecular complexity index is 842. The average molecular weight is 326 g/mol. The molecule has 0 radical (unpaired) electrons. The Labute approximate surface area is 139 Å². The number of aryl methyl sites for hydroxylation is 1. The zero-order valence-electron chi connectivity index (χ0n) is 13.1. The van der Waals surface area contributed by atoms with E-state index in [0.717, 1.165) is 27.1 Å². The van der Waals surface area contributed by atoms with Gasteiger partial charge < -0.3 is 10.1 Å². The first kappa shape index (κ1) is 15.5. The molecule has 0 bridgehead atoms. The second-order valence-corrected chi connectivity index (χ2v) is 6.33. The summed E-state index contributed by atoms with van der Waals surface area (Å²) in [6, 6.07) is 13.7. The van der Waals surface area contributed by atoms with Crippen LogP contribution in [0.3, 0.4) is 0 Å². The molecule has 5 heteroatoms. The second-order valence-electron chi connectivity index (χ2n) is 5.30. The van der Waals surface area contributed by atoms with Gasteiger partial charge in [-0.05, 0) is 37.6 Å². The van der Waals surface area contributed by atoms with Crippen LogP contribution in [0.2, 0.25) is 0 Å². The Hall–Kier alpha value is -2.40. The van der Waals surface area contributed by atoms with Gasteiger partial charge in [-0.15, -0.1) is 0 Å². The molecule has 0 aliphatic rings. The fourth-order valence-corrected chi connectivity index (χ4v) is 3.30. The maximum Gasteiger partial charge on any atom is 0.230 e. The highest BCUT2D eigenvalue weighted by Gasteiger charge is 2.09. The summed E-state index contributed by atoms with van der Waals surface area (Å²) >= 11 is 1.46. The fourth-order valence-electron chi connectivity index (χ4n) is 2.39. The van der Waals surface area contributed by atoms with E-state index in [1.165, 1.54) is 11.3 Å². The number of amides is 1. The molecule has 0 saturated heterocycles. The van der Waals surface area contributed by atoms with Crippen molar-refractivity contribution in [2.45, 2.75) is 20.3 Å². The van der Waals surface area contributed by atoms with Gasteiger partial charge in [0.05, 0.1) is 23.2 Å². The summed E-state index contributed by atoms with van der Waals surface area (Å²) in [4.78, 5) is 16.6. The van der Waals surface area contributed by atoms with Crippen molar-refractivity contribution in [3.05, 3.63) is 53.6 Å². The minimum absolute atomic E-state index is 0.0558. The number of carbonyl (C=O) groups is 1. The minimum atomic E-state index is -0.0558. The summed E-state index contributed by atoms with van der Waals surface area (Å²) in [7, 11) is 0. The number of anilines is 1. The van der Waals surface area contributed by atoms with Gasteiger partial charge in [-0.1, -0.05) is 41.2 Å². The van der Waals surface area contributed by atoms with Crippen molar-refractivity contribution in [3.8, 4) is 5.75 Å². The van der Waals surface area contributed by atoms with Crippen LogP contribution >= 0.6 is 11.3 Å². The molecule has 0 fully saturated rings. The third-order valence-electron chi connectivity index (χ3n) is 3.36. The van der Waals surface area contributed by atoms with Crippen LogP contribution in [0.25, 0.3) is 10.2 Å². The number of aromatic nitrogens is 1. The van der Waals surface area contributed by atoms with Crippen molar-refractivity contribution in [2.24, 2.45) is 0 Å². The molecule has 0 unspecified atom stereocenters. The fraction of sp³-hybridized carbons (Fsp3) is 0.222. The monoisotopic (exact) mass is 326 g/mol. The highest BCUT2D eigenvalue weighted by atomic mass is 32.1. The van der Waals surface area contributed by atoms with Crippen LogP contribution in [0.4, 0.5) is 5.13 Å². The first-order chi connectivity index (χ1) is 11.1. The predicted octanol–water partition coefficient (Wildman–Crippen LogP) is 4.18. The molecular formula is C18H18N2O2S. The van der Waals surface area contributed by atoms with Gasteiger partial charge in [0.25, 0.3) is 0 Å². The topological polar surface area (TPSA) is 51.2 Å². The van der Waals surface area contributed by atoms with E-state index in [1.54, 1.807) is 0 Å². The Morgan fingerprint density at radius 1 is 1.26 bits per heavy atom. The molecule has 0 aliphatic heterocycles. The van der Waals surface area contributed by atoms with E-state index in [-0.39, 0.29) is 5.91 Å². The largest absolute Gasteiger partial charge is 0.494 e. The quantitative estimate of drug-likeness (QED) is 0.765. The highest BCUT2D eigenvalue weighted by Crippen LogP contribution is 2.29. The van der Waals surface area contributed by atoms with E-state index in [1.807, 2.05) is 56.3 Å². The Morgan fingerprint density at radius 3 is 2.91 bits per heavy atom. The summed E-state index contributed by atoms with van der Waals surface area (Å²) in [6.45, 7) is 4.60. The second kappa shape index (κ2) is 6.79. The lowest BCUT2D eigenvalue weighted by Gasteiger charge is -2.02. The van der Waals surface area contributed by atoms with Crippen molar-refractivity contribution in [3.63, 3.8) is 0 Å². The SMILES string of the molecule is CCOc1ccc2nc(NC(=O)Cc3cccc(C)c3)sc2c1. The van der Waals surface area contributed by atoms with Crippen LogP contribution in [0.15, 0.2) is 42.5 Å². The molecule has 1 heterocycles. The summed E-state index contributed by atoms with van der Waals surface area (Å²) in [5.41, 5.74) is 3.02. The van der Waals surface area contributed by atoms with Gasteiger partial charge in [-0.25, -0.2) is 4.98 Å². The van der Waals surface area contributed by atoms with Gasteiger partial charge in [-0.3, -0.25) is 4.79 Å². The molecule has 0 aliphatic carbocycles. The number of hydrogen-bond acceptors (Lipinski definition) is 4. The standard InChI is InChI=1S/C18H18N2O2S/c1-3-22-14-7-8-15-16(11-14)23-18(19-15)20-17(21)10-13-6-4-5-12(2)9-13/h4-9,11H,3,10H2,1-2H3,(H,19,20,21). The summed E-state index contributed by atoms with van der Waals surface area (Å²) in [5.74, 6) is 0.765. The minimum Gasteiger partial charge on any atom is -0.494 e. The first-order valence-electron chi connectivity index (χ1n) is 7.53. The molecule has 2 aromatic carbocycles. The molecule has 118 valence electrons. The van der Waals surface area contributed by atoms with Crippen LogP contribution < -0.4 is 10.1 Å². The molecular weight excluding hydrogens is 308 g/mol. The third-order valence-corrected chi connectivity index (χ3v) is 4.30. The number of nitrogens with zero attached hydrogens (tertiary/aromatic N) is 1. The number of rotatable bonds is 5. The number of hydrogen-bond donors (Lipinski definition) is 1. The van der Waals surface area contributed by atoms with Crippen molar-refractivity contribution in [2.75, 3.05) is 11.9 Å². The first-order valence-corrected chi connectivity index (χ1v) is 8.34. The Kier molecular flexibility index (Phi) is 4.57. The lowest BCUT2D eigenvalue weighted by Crippen LogP contribution is -2.14. The van der Waals surface area contributed by atoms with E-state index < -0.39 is 0 Å². The number of fused-ring (bicyclic) bond motifs is 1. The zero-order valence-corrected chi connectivity index (χ0v) is 13.9. The summed E-state index contributed by atoms with van der Waals surface area (Å²) in [6.07, 6.45) is 0.349. The third kappa shape index (κ3) is 3.87. The molecule has 23 heavy (non-hydrogen) atoms. The van der Waals surface area contributed by atoms with Gasteiger partial charge in [0.2, 0.25) is 5.91 Å². The van der Waals surface area contributed by atoms with Crippen LogP contribution in [-0.2, 0) is 11.2 Å². The average Bonchev–Trinajstić information content (AvgIpc) is 2.88. The van der Waals surface area contributed by atoms with Crippen LogP contribution in [-0.4, -0.2) is 17.5 Å². The molecule has 0 spiro atoms. The van der Waals surface area contributed by atoms with E-state index in [9.17, 15) is 4.79 Å². The number of ether oxygens (including phenoxy) is 1. The van der Waals surface area contributed by atoms with Gasteiger partial charge in [0.15, 0.2) is 5.13 Å². The number of benzene rings is 2. The Morgan fingerprint density at radius 2 is 2.13 bits per heavy atom. The highest BCUT2D eigenvalue weighted by molar-refractivity contribution is 7.22. The number of thiazole rings is 1. The predicted molar refractivity (Wildman–Crippen MR) is 94.3 cm³/mol. The molecule has 4 nitrogen and oxygen atoms in total. The lowest BCUT2D eigenvalue weighted by atomic mass is 10.1. The van der Waals surface area contributed by atoms with Crippen molar-refractivity contribution < 1.29 is 9.53 Å². The van der Waals surface area contributed by atoms with Crippen molar-refractivity contribution >= 4 is 32.6 Å². The summed E-state index contributed by atoms with van der Waals surface area (Å²) in [5, 5.41) is 3.50. The van der Waals surface area contributed by atoms with Crippen LogP contribution in [0.1, 0.15) is 18.1 Å². The van der Waals surface area contributed by atoms with Crippen LogP contribution in [0, 0.1) is 6.92 Å². The molecule has 3 rings (SSSR count). The maximum absolute atomic E-state index is 12.2. The smallest absolute Gasteiger partial charge is 0.230 e. The number of nitrogens with one attached hydrogen (secondary N) is 1. The van der Waals surface area contributed by atoms with Gasteiger partial charge >= 0.3 is 0 Å². The van der Waals surface area contributed by atoms with E-state index in [4.69, 9.17) is 4.74 Å². The maximum atomic E-state index is 12.2. The van der Waals surface area contributed by atoms with Gasteiger partial charge in [0.1, 0.15) is 5.75 Å². The molecule has 1 aromatic heterocycles. The zero-order chi connectivity index (χ0) is 16.2. The molecule has 1 N–H and O–H groups in total.